The van der Waals surface area contributed by atoms with Crippen molar-refractivity contribution < 1.29 is 9.53 Å². The van der Waals surface area contributed by atoms with E-state index in [1.165, 1.54) is 5.00 Å². The van der Waals surface area contributed by atoms with Crippen LogP contribution in [0, 0.1) is 0 Å². The summed E-state index contributed by atoms with van der Waals surface area (Å²) in [5.41, 5.74) is 0. The van der Waals surface area contributed by atoms with Crippen LogP contribution in [-0.2, 0) is 9.53 Å². The first-order chi connectivity index (χ1) is 11.2. The van der Waals surface area contributed by atoms with E-state index < -0.39 is 0 Å². The first-order valence-electron chi connectivity index (χ1n) is 8.14. The number of rotatable bonds is 6. The van der Waals surface area contributed by atoms with Crippen LogP contribution < -0.4 is 10.2 Å². The molecular formula is C16H26N4O2S. The number of guanidine groups is 1. The van der Waals surface area contributed by atoms with Crippen LogP contribution in [0.2, 0.25) is 0 Å². The van der Waals surface area contributed by atoms with Crippen molar-refractivity contribution >= 4 is 28.3 Å². The highest BCUT2D eigenvalue weighted by atomic mass is 32.1. The summed E-state index contributed by atoms with van der Waals surface area (Å²) in [5, 5.41) is 6.79. The van der Waals surface area contributed by atoms with Gasteiger partial charge in [0.25, 0.3) is 0 Å². The van der Waals surface area contributed by atoms with Crippen LogP contribution in [0.3, 0.4) is 0 Å². The maximum absolute atomic E-state index is 11.3. The average molecular weight is 338 g/mol. The number of hydrogen-bond acceptors (Lipinski definition) is 5. The highest BCUT2D eigenvalue weighted by Crippen LogP contribution is 2.22. The molecule has 1 aromatic heterocycles. The Bertz CT molecular complexity index is 496. The molecule has 0 bridgehead atoms. The maximum atomic E-state index is 11.3. The van der Waals surface area contributed by atoms with Crippen LogP contribution in [0.1, 0.15) is 19.8 Å². The number of anilines is 1. The number of nitrogens with zero attached hydrogens (tertiary/aromatic N) is 3. The van der Waals surface area contributed by atoms with Gasteiger partial charge < -0.3 is 19.9 Å². The van der Waals surface area contributed by atoms with Crippen LogP contribution in [0.5, 0.6) is 0 Å². The SMILES string of the molecule is CCOC(=O)CCCNC(=NC)N1CCN(c2cccs2)CC1. The quantitative estimate of drug-likeness (QED) is 0.371. The number of esters is 1. The minimum absolute atomic E-state index is 0.131. The Morgan fingerprint density at radius 3 is 2.78 bits per heavy atom. The van der Waals surface area contributed by atoms with E-state index in [0.717, 1.165) is 45.1 Å². The van der Waals surface area contributed by atoms with Gasteiger partial charge in [-0.2, -0.15) is 0 Å². The Morgan fingerprint density at radius 1 is 1.39 bits per heavy atom. The molecule has 0 amide bonds. The van der Waals surface area contributed by atoms with Gasteiger partial charge in [0.05, 0.1) is 11.6 Å². The largest absolute Gasteiger partial charge is 0.466 e. The van der Waals surface area contributed by atoms with Crippen LogP contribution in [-0.4, -0.2) is 63.2 Å². The van der Waals surface area contributed by atoms with E-state index in [4.69, 9.17) is 4.74 Å². The van der Waals surface area contributed by atoms with Crippen molar-refractivity contribution in [2.24, 2.45) is 4.99 Å². The normalized spacial score (nSPS) is 15.7. The predicted octanol–water partition coefficient (Wildman–Crippen LogP) is 1.79. The zero-order chi connectivity index (χ0) is 16.5. The average Bonchev–Trinajstić information content (AvgIpc) is 3.10. The lowest BCUT2D eigenvalue weighted by Gasteiger charge is -2.37. The molecule has 6 nitrogen and oxygen atoms in total. The number of piperazine rings is 1. The number of aliphatic imine (C=N–C) groups is 1. The molecule has 1 fully saturated rings. The summed E-state index contributed by atoms with van der Waals surface area (Å²) in [6.45, 7) is 6.92. The van der Waals surface area contributed by atoms with Crippen molar-refractivity contribution in [2.75, 3.05) is 51.3 Å². The molecule has 7 heteroatoms. The highest BCUT2D eigenvalue weighted by molar-refractivity contribution is 7.14. The van der Waals surface area contributed by atoms with Gasteiger partial charge >= 0.3 is 5.97 Å². The maximum Gasteiger partial charge on any atom is 0.305 e. The summed E-state index contributed by atoms with van der Waals surface area (Å²) in [7, 11) is 1.80. The van der Waals surface area contributed by atoms with Gasteiger partial charge in [0, 0.05) is 46.2 Å². The van der Waals surface area contributed by atoms with Crippen LogP contribution >= 0.6 is 11.3 Å². The smallest absolute Gasteiger partial charge is 0.305 e. The first kappa shape index (κ1) is 17.6. The van der Waals surface area contributed by atoms with Crippen LogP contribution in [0.25, 0.3) is 0 Å². The number of hydrogen-bond donors (Lipinski definition) is 1. The van der Waals surface area contributed by atoms with E-state index in [9.17, 15) is 4.79 Å². The minimum Gasteiger partial charge on any atom is -0.466 e. The van der Waals surface area contributed by atoms with E-state index >= 15 is 0 Å². The number of carbonyl (C=O) groups excluding carboxylic acids is 1. The number of nitrogens with one attached hydrogen (secondary N) is 1. The Labute approximate surface area is 142 Å². The Morgan fingerprint density at radius 2 is 2.17 bits per heavy atom. The van der Waals surface area contributed by atoms with Gasteiger partial charge in [-0.15, -0.1) is 11.3 Å². The Balaban J connectivity index is 1.69. The highest BCUT2D eigenvalue weighted by Gasteiger charge is 2.20. The van der Waals surface area contributed by atoms with Crippen LogP contribution in [0.4, 0.5) is 5.00 Å². The van der Waals surface area contributed by atoms with Crippen molar-refractivity contribution in [3.8, 4) is 0 Å². The van der Waals surface area contributed by atoms with E-state index in [1.807, 2.05) is 6.92 Å². The molecule has 0 unspecified atom stereocenters. The summed E-state index contributed by atoms with van der Waals surface area (Å²) in [6.07, 6.45) is 1.21. The van der Waals surface area contributed by atoms with Gasteiger partial charge in [0.1, 0.15) is 0 Å². The van der Waals surface area contributed by atoms with Crippen LogP contribution in [0.15, 0.2) is 22.5 Å². The molecule has 2 rings (SSSR count). The third kappa shape index (κ3) is 5.42. The molecule has 1 aliphatic heterocycles. The molecule has 1 aliphatic rings. The first-order valence-corrected chi connectivity index (χ1v) is 9.02. The topological polar surface area (TPSA) is 57.2 Å². The fourth-order valence-corrected chi connectivity index (χ4v) is 3.37. The predicted molar refractivity (Wildman–Crippen MR) is 95.3 cm³/mol. The molecule has 0 atom stereocenters. The van der Waals surface area contributed by atoms with Crippen molar-refractivity contribution in [1.82, 2.24) is 10.2 Å². The lowest BCUT2D eigenvalue weighted by Crippen LogP contribution is -2.52. The second-order valence-corrected chi connectivity index (χ2v) is 6.23. The number of carbonyl (C=O) groups is 1. The summed E-state index contributed by atoms with van der Waals surface area (Å²) in [5.74, 6) is 0.786. The fourth-order valence-electron chi connectivity index (χ4n) is 2.59. The second-order valence-electron chi connectivity index (χ2n) is 5.31. The molecule has 0 aromatic carbocycles. The van der Waals surface area contributed by atoms with Gasteiger partial charge in [-0.1, -0.05) is 0 Å². The Hall–Kier alpha value is -1.76. The molecule has 128 valence electrons. The van der Waals surface area contributed by atoms with Crippen molar-refractivity contribution in [3.63, 3.8) is 0 Å². The van der Waals surface area contributed by atoms with E-state index in [-0.39, 0.29) is 5.97 Å². The molecule has 2 heterocycles. The lowest BCUT2D eigenvalue weighted by molar-refractivity contribution is -0.143. The van der Waals surface area contributed by atoms with Gasteiger partial charge in [0.15, 0.2) is 5.96 Å². The van der Waals surface area contributed by atoms with Gasteiger partial charge in [-0.3, -0.25) is 9.79 Å². The third-order valence-corrected chi connectivity index (χ3v) is 4.68. The molecule has 23 heavy (non-hydrogen) atoms. The summed E-state index contributed by atoms with van der Waals surface area (Å²) in [6, 6.07) is 4.26. The van der Waals surface area contributed by atoms with Crippen molar-refractivity contribution in [3.05, 3.63) is 17.5 Å². The zero-order valence-corrected chi connectivity index (χ0v) is 14.8. The minimum atomic E-state index is -0.131. The fraction of sp³-hybridized carbons (Fsp3) is 0.625. The summed E-state index contributed by atoms with van der Waals surface area (Å²) >= 11 is 1.79. The monoisotopic (exact) mass is 338 g/mol. The summed E-state index contributed by atoms with van der Waals surface area (Å²) in [4.78, 5) is 20.3. The second kappa shape index (κ2) is 9.39. The van der Waals surface area contributed by atoms with Gasteiger partial charge in [0.2, 0.25) is 0 Å². The molecule has 0 spiro atoms. The van der Waals surface area contributed by atoms with Crippen molar-refractivity contribution in [1.29, 1.82) is 0 Å². The molecular weight excluding hydrogens is 312 g/mol. The van der Waals surface area contributed by atoms with Gasteiger partial charge in [-0.05, 0) is 30.9 Å². The van der Waals surface area contributed by atoms with E-state index in [2.05, 4.69) is 37.6 Å². The van der Waals surface area contributed by atoms with Gasteiger partial charge in [-0.25, -0.2) is 0 Å². The van der Waals surface area contributed by atoms with E-state index in [1.54, 1.807) is 18.4 Å². The lowest BCUT2D eigenvalue weighted by atomic mass is 10.3. The molecule has 1 saturated heterocycles. The zero-order valence-electron chi connectivity index (χ0n) is 14.0. The number of ether oxygens (including phenoxy) is 1. The Kier molecular flexibility index (Phi) is 7.19. The van der Waals surface area contributed by atoms with Crippen molar-refractivity contribution in [2.45, 2.75) is 19.8 Å². The molecule has 0 saturated carbocycles. The summed E-state index contributed by atoms with van der Waals surface area (Å²) < 4.78 is 4.93. The third-order valence-electron chi connectivity index (χ3n) is 3.75. The molecule has 1 N–H and O–H groups in total. The molecule has 0 aliphatic carbocycles. The number of thiophene rings is 1. The standard InChI is InChI=1S/C16H26N4O2S/c1-3-22-15(21)7-4-8-18-16(17-2)20-11-9-19(10-12-20)14-6-5-13-23-14/h5-6,13H,3-4,7-12H2,1-2H3,(H,17,18). The molecule has 1 aromatic rings. The molecule has 0 radical (unpaired) electrons. The van der Waals surface area contributed by atoms with E-state index in [0.29, 0.717) is 13.0 Å².